The fraction of sp³-hybridized carbons (Fsp3) is 0.667. The summed E-state index contributed by atoms with van der Waals surface area (Å²) in [6, 6.07) is 1.51. The van der Waals surface area contributed by atoms with Crippen molar-refractivity contribution >= 4 is 21.4 Å². The molecule has 1 aromatic rings. The quantitative estimate of drug-likeness (QED) is 0.726. The molecular formula is C12H22N2O3S2. The molecule has 1 atom stereocenters. The fourth-order valence-electron chi connectivity index (χ4n) is 1.62. The molecule has 0 fully saturated rings. The van der Waals surface area contributed by atoms with Crippen LogP contribution in [0.15, 0.2) is 16.3 Å². The van der Waals surface area contributed by atoms with Crippen molar-refractivity contribution in [2.75, 3.05) is 20.3 Å². The Hall–Kier alpha value is -0.470. The summed E-state index contributed by atoms with van der Waals surface area (Å²) < 4.78 is 32.2. The first-order valence-electron chi connectivity index (χ1n) is 6.29. The van der Waals surface area contributed by atoms with E-state index >= 15 is 0 Å². The van der Waals surface area contributed by atoms with Gasteiger partial charge in [0.1, 0.15) is 0 Å². The largest absolute Gasteiger partial charge is 0.385 e. The summed E-state index contributed by atoms with van der Waals surface area (Å²) in [6.45, 7) is 5.77. The van der Waals surface area contributed by atoms with Crippen molar-refractivity contribution in [2.45, 2.75) is 37.8 Å². The minimum absolute atomic E-state index is 0.142. The van der Waals surface area contributed by atoms with Gasteiger partial charge in [-0.15, -0.1) is 11.3 Å². The maximum atomic E-state index is 12.3. The predicted molar refractivity (Wildman–Crippen MR) is 78.0 cm³/mol. The van der Waals surface area contributed by atoms with Crippen molar-refractivity contribution in [3.63, 3.8) is 0 Å². The molecule has 1 unspecified atom stereocenters. The van der Waals surface area contributed by atoms with Crippen molar-refractivity contribution in [2.24, 2.45) is 0 Å². The van der Waals surface area contributed by atoms with E-state index in [4.69, 9.17) is 4.74 Å². The third-order valence-corrected chi connectivity index (χ3v) is 5.37. The van der Waals surface area contributed by atoms with Crippen molar-refractivity contribution in [3.8, 4) is 0 Å². The Bertz CT molecular complexity index is 471. The van der Waals surface area contributed by atoms with Crippen LogP contribution < -0.4 is 10.0 Å². The van der Waals surface area contributed by atoms with Crippen molar-refractivity contribution in [1.82, 2.24) is 10.0 Å². The summed E-state index contributed by atoms with van der Waals surface area (Å²) in [7, 11) is -1.84. The van der Waals surface area contributed by atoms with Gasteiger partial charge in [0.2, 0.25) is 10.0 Å². The van der Waals surface area contributed by atoms with Crippen LogP contribution in [0, 0.1) is 0 Å². The first-order chi connectivity index (χ1) is 9.01. The van der Waals surface area contributed by atoms with Gasteiger partial charge in [-0.05, 0) is 31.3 Å². The average Bonchev–Trinajstić information content (AvgIpc) is 2.82. The molecule has 1 aromatic heterocycles. The van der Waals surface area contributed by atoms with E-state index in [0.29, 0.717) is 24.5 Å². The lowest BCUT2D eigenvalue weighted by molar-refractivity contribution is 0.188. The van der Waals surface area contributed by atoms with E-state index < -0.39 is 10.0 Å². The van der Waals surface area contributed by atoms with Gasteiger partial charge in [0.25, 0.3) is 0 Å². The van der Waals surface area contributed by atoms with E-state index in [2.05, 4.69) is 10.0 Å². The first kappa shape index (κ1) is 16.6. The summed E-state index contributed by atoms with van der Waals surface area (Å²) in [5, 5.41) is 4.96. The number of nitrogens with one attached hydrogen (secondary N) is 2. The van der Waals surface area contributed by atoms with Gasteiger partial charge in [0, 0.05) is 31.2 Å². The summed E-state index contributed by atoms with van der Waals surface area (Å²) in [4.78, 5) is 1.22. The molecule has 1 rings (SSSR count). The maximum absolute atomic E-state index is 12.3. The van der Waals surface area contributed by atoms with Gasteiger partial charge in [0.05, 0.1) is 4.90 Å². The van der Waals surface area contributed by atoms with E-state index in [1.807, 2.05) is 13.8 Å². The molecule has 0 aliphatic heterocycles. The second-order valence-electron chi connectivity index (χ2n) is 4.29. The minimum Gasteiger partial charge on any atom is -0.385 e. The minimum atomic E-state index is -3.44. The van der Waals surface area contributed by atoms with Crippen molar-refractivity contribution < 1.29 is 13.2 Å². The average molecular weight is 306 g/mol. The monoisotopic (exact) mass is 306 g/mol. The molecule has 0 saturated carbocycles. The van der Waals surface area contributed by atoms with Crippen molar-refractivity contribution in [3.05, 3.63) is 16.3 Å². The van der Waals surface area contributed by atoms with Gasteiger partial charge in [-0.1, -0.05) is 6.92 Å². The van der Waals surface area contributed by atoms with E-state index in [1.54, 1.807) is 18.6 Å². The van der Waals surface area contributed by atoms with Crippen LogP contribution in [-0.2, 0) is 21.3 Å². The Balaban J connectivity index is 2.74. The molecule has 0 bridgehead atoms. The Morgan fingerprint density at radius 1 is 1.47 bits per heavy atom. The van der Waals surface area contributed by atoms with Crippen LogP contribution in [0.3, 0.4) is 0 Å². The standard InChI is InChI=1S/C12H22N2O3S2/c1-4-13-9-11-12(6-8-18-11)19(15,16)14-10(2)5-7-17-3/h6,8,10,13-14H,4-5,7,9H2,1-3H3. The smallest absolute Gasteiger partial charge is 0.241 e. The predicted octanol–water partition coefficient (Wildman–Crippen LogP) is 1.56. The Labute approximate surface area is 119 Å². The highest BCUT2D eigenvalue weighted by atomic mass is 32.2. The zero-order valence-electron chi connectivity index (χ0n) is 11.6. The summed E-state index contributed by atoms with van der Waals surface area (Å²) in [6.07, 6.45) is 0.655. The molecule has 2 N–H and O–H groups in total. The fourth-order valence-corrected chi connectivity index (χ4v) is 4.31. The molecular weight excluding hydrogens is 284 g/mol. The van der Waals surface area contributed by atoms with Crippen LogP contribution in [0.2, 0.25) is 0 Å². The third-order valence-electron chi connectivity index (χ3n) is 2.64. The number of hydrogen-bond acceptors (Lipinski definition) is 5. The third kappa shape index (κ3) is 5.19. The lowest BCUT2D eigenvalue weighted by Gasteiger charge is -2.14. The molecule has 0 aliphatic carbocycles. The molecule has 1 heterocycles. The number of methoxy groups -OCH3 is 1. The summed E-state index contributed by atoms with van der Waals surface area (Å²) in [5.41, 5.74) is 0. The molecule has 0 saturated heterocycles. The zero-order valence-corrected chi connectivity index (χ0v) is 13.2. The van der Waals surface area contributed by atoms with Gasteiger partial charge in [-0.25, -0.2) is 13.1 Å². The highest BCUT2D eigenvalue weighted by Crippen LogP contribution is 2.22. The lowest BCUT2D eigenvalue weighted by Crippen LogP contribution is -2.33. The second kappa shape index (κ2) is 7.96. The SMILES string of the molecule is CCNCc1sccc1S(=O)(=O)NC(C)CCOC. The van der Waals surface area contributed by atoms with Gasteiger partial charge in [0.15, 0.2) is 0 Å². The van der Waals surface area contributed by atoms with Crippen LogP contribution in [0.1, 0.15) is 25.1 Å². The maximum Gasteiger partial charge on any atom is 0.241 e. The number of rotatable bonds is 9. The Kier molecular flexibility index (Phi) is 6.95. The molecule has 0 amide bonds. The number of sulfonamides is 1. The second-order valence-corrected chi connectivity index (χ2v) is 6.98. The highest BCUT2D eigenvalue weighted by molar-refractivity contribution is 7.89. The summed E-state index contributed by atoms with van der Waals surface area (Å²) in [5.74, 6) is 0. The molecule has 0 radical (unpaired) electrons. The molecule has 0 spiro atoms. The Morgan fingerprint density at radius 2 is 2.21 bits per heavy atom. The topological polar surface area (TPSA) is 67.4 Å². The van der Waals surface area contributed by atoms with E-state index in [1.165, 1.54) is 11.3 Å². The molecule has 0 aliphatic rings. The molecule has 5 nitrogen and oxygen atoms in total. The number of hydrogen-bond donors (Lipinski definition) is 2. The lowest BCUT2D eigenvalue weighted by atomic mass is 10.3. The summed E-state index contributed by atoms with van der Waals surface area (Å²) >= 11 is 1.45. The first-order valence-corrected chi connectivity index (χ1v) is 8.66. The van der Waals surface area contributed by atoms with Gasteiger partial charge in [-0.3, -0.25) is 0 Å². The van der Waals surface area contributed by atoms with Gasteiger partial charge >= 0.3 is 0 Å². The van der Waals surface area contributed by atoms with Crippen molar-refractivity contribution in [1.29, 1.82) is 0 Å². The van der Waals surface area contributed by atoms with E-state index in [0.717, 1.165) is 11.4 Å². The van der Waals surface area contributed by atoms with Crippen LogP contribution in [0.25, 0.3) is 0 Å². The van der Waals surface area contributed by atoms with Crippen LogP contribution >= 0.6 is 11.3 Å². The normalized spacial score (nSPS) is 13.6. The molecule has 19 heavy (non-hydrogen) atoms. The van der Waals surface area contributed by atoms with Gasteiger partial charge < -0.3 is 10.1 Å². The number of thiophene rings is 1. The number of ether oxygens (including phenoxy) is 1. The molecule has 7 heteroatoms. The van der Waals surface area contributed by atoms with Crippen LogP contribution in [0.5, 0.6) is 0 Å². The van der Waals surface area contributed by atoms with E-state index in [9.17, 15) is 8.42 Å². The molecule has 0 aromatic carbocycles. The van der Waals surface area contributed by atoms with Crippen LogP contribution in [0.4, 0.5) is 0 Å². The van der Waals surface area contributed by atoms with E-state index in [-0.39, 0.29) is 6.04 Å². The van der Waals surface area contributed by atoms with Crippen LogP contribution in [-0.4, -0.2) is 34.7 Å². The molecule has 110 valence electrons. The zero-order chi connectivity index (χ0) is 14.3. The highest BCUT2D eigenvalue weighted by Gasteiger charge is 2.21. The Morgan fingerprint density at radius 3 is 2.84 bits per heavy atom. The van der Waals surface area contributed by atoms with Gasteiger partial charge in [-0.2, -0.15) is 0 Å².